The molecule has 0 saturated carbocycles. The summed E-state index contributed by atoms with van der Waals surface area (Å²) in [5.74, 6) is -0.232. The molecule has 7 heteroatoms. The van der Waals surface area contributed by atoms with Crippen LogP contribution < -0.4 is 0 Å². The summed E-state index contributed by atoms with van der Waals surface area (Å²) in [4.78, 5) is 23.8. The molecule has 0 spiro atoms. The van der Waals surface area contributed by atoms with Crippen LogP contribution in [0.2, 0.25) is 0 Å². The van der Waals surface area contributed by atoms with E-state index < -0.39 is 4.92 Å². The van der Waals surface area contributed by atoms with E-state index in [2.05, 4.69) is 0 Å². The van der Waals surface area contributed by atoms with Gasteiger partial charge in [0.05, 0.1) is 15.5 Å². The average Bonchev–Trinajstić information content (AvgIpc) is 3.42. The zero-order valence-corrected chi connectivity index (χ0v) is 16.0. The van der Waals surface area contributed by atoms with E-state index in [0.717, 1.165) is 21.8 Å². The van der Waals surface area contributed by atoms with Crippen LogP contribution in [0, 0.1) is 10.1 Å². The lowest BCUT2D eigenvalue weighted by Crippen LogP contribution is -1.95. The number of aromatic nitrogens is 2. The summed E-state index contributed by atoms with van der Waals surface area (Å²) in [7, 11) is 0. The maximum absolute atomic E-state index is 12.5. The normalized spacial score (nSPS) is 11.0. The molecular formula is C22H15N3O3S. The lowest BCUT2D eigenvalue weighted by Gasteiger charge is -1.99. The standard InChI is InChI=1S/C22H15N3O3S/c26-20(16-8-11-19(12-9-16)25(27)28)13-10-17-15-24(18-5-2-1-3-6-18)23-22(17)21-7-4-14-29-21/h1-15H/b13-10+. The van der Waals surface area contributed by atoms with Gasteiger partial charge >= 0.3 is 0 Å². The predicted octanol–water partition coefficient (Wildman–Crippen LogP) is 5.41. The second-order valence-electron chi connectivity index (χ2n) is 6.19. The maximum atomic E-state index is 12.5. The third-order valence-electron chi connectivity index (χ3n) is 4.29. The van der Waals surface area contributed by atoms with Crippen LogP contribution in [0.15, 0.2) is 84.4 Å². The van der Waals surface area contributed by atoms with Crippen LogP contribution in [0.1, 0.15) is 15.9 Å². The van der Waals surface area contributed by atoms with E-state index in [1.807, 2.05) is 54.0 Å². The number of carbonyl (C=O) groups is 1. The Morgan fingerprint density at radius 1 is 1.03 bits per heavy atom. The lowest BCUT2D eigenvalue weighted by molar-refractivity contribution is -0.384. The van der Waals surface area contributed by atoms with Crippen LogP contribution in [0.3, 0.4) is 0 Å². The van der Waals surface area contributed by atoms with E-state index in [4.69, 9.17) is 5.10 Å². The number of nitrogens with zero attached hydrogens (tertiary/aromatic N) is 3. The van der Waals surface area contributed by atoms with Gasteiger partial charge in [-0.25, -0.2) is 4.68 Å². The first-order valence-electron chi connectivity index (χ1n) is 8.77. The molecule has 0 aliphatic heterocycles. The van der Waals surface area contributed by atoms with Crippen molar-refractivity contribution in [3.63, 3.8) is 0 Å². The molecule has 0 fully saturated rings. The molecule has 142 valence electrons. The molecule has 2 heterocycles. The molecule has 0 N–H and O–H groups in total. The maximum Gasteiger partial charge on any atom is 0.269 e. The Labute approximate surface area is 170 Å². The Morgan fingerprint density at radius 2 is 1.79 bits per heavy atom. The monoisotopic (exact) mass is 401 g/mol. The van der Waals surface area contributed by atoms with Gasteiger partial charge in [0, 0.05) is 29.5 Å². The highest BCUT2D eigenvalue weighted by Gasteiger charge is 2.12. The number of rotatable bonds is 6. The molecule has 0 unspecified atom stereocenters. The molecule has 0 bridgehead atoms. The van der Waals surface area contributed by atoms with Crippen molar-refractivity contribution in [3.8, 4) is 16.3 Å². The third-order valence-corrected chi connectivity index (χ3v) is 5.17. The van der Waals surface area contributed by atoms with Crippen LogP contribution >= 0.6 is 11.3 Å². The highest BCUT2D eigenvalue weighted by Crippen LogP contribution is 2.28. The molecule has 0 atom stereocenters. The fourth-order valence-corrected chi connectivity index (χ4v) is 3.57. The van der Waals surface area contributed by atoms with E-state index in [9.17, 15) is 14.9 Å². The summed E-state index contributed by atoms with van der Waals surface area (Å²) in [6.07, 6.45) is 5.07. The van der Waals surface area contributed by atoms with Crippen molar-refractivity contribution in [1.82, 2.24) is 9.78 Å². The molecule has 0 aliphatic rings. The van der Waals surface area contributed by atoms with Crippen LogP contribution in [-0.4, -0.2) is 20.5 Å². The minimum absolute atomic E-state index is 0.0466. The van der Waals surface area contributed by atoms with E-state index in [0.29, 0.717) is 5.56 Å². The summed E-state index contributed by atoms with van der Waals surface area (Å²) in [6, 6.07) is 19.2. The van der Waals surface area contributed by atoms with Crippen molar-refractivity contribution in [1.29, 1.82) is 0 Å². The first-order chi connectivity index (χ1) is 14.1. The number of non-ortho nitro benzene ring substituents is 1. The number of nitro groups is 1. The molecule has 0 saturated heterocycles. The first kappa shape index (κ1) is 18.5. The molecule has 0 amide bonds. The highest BCUT2D eigenvalue weighted by molar-refractivity contribution is 7.13. The van der Waals surface area contributed by atoms with E-state index >= 15 is 0 Å². The van der Waals surface area contributed by atoms with Crippen molar-refractivity contribution in [2.24, 2.45) is 0 Å². The molecule has 0 radical (unpaired) electrons. The first-order valence-corrected chi connectivity index (χ1v) is 9.65. The van der Waals surface area contributed by atoms with Gasteiger partial charge < -0.3 is 0 Å². The topological polar surface area (TPSA) is 78.0 Å². The Morgan fingerprint density at radius 3 is 2.45 bits per heavy atom. The molecule has 2 aromatic carbocycles. The molecular weight excluding hydrogens is 386 g/mol. The van der Waals surface area contributed by atoms with Crippen LogP contribution in [-0.2, 0) is 0 Å². The Kier molecular flexibility index (Phi) is 5.13. The van der Waals surface area contributed by atoms with Gasteiger partial charge in [-0.2, -0.15) is 5.10 Å². The number of hydrogen-bond donors (Lipinski definition) is 0. The number of nitro benzene ring substituents is 1. The number of thiophene rings is 1. The van der Waals surface area contributed by atoms with Crippen molar-refractivity contribution >= 4 is 28.9 Å². The average molecular weight is 401 g/mol. The van der Waals surface area contributed by atoms with Crippen molar-refractivity contribution in [2.45, 2.75) is 0 Å². The SMILES string of the molecule is O=C(/C=C/c1cn(-c2ccccc2)nc1-c1cccs1)c1ccc([N+](=O)[O-])cc1. The summed E-state index contributed by atoms with van der Waals surface area (Å²) in [6.45, 7) is 0. The summed E-state index contributed by atoms with van der Waals surface area (Å²) in [5.41, 5.74) is 2.87. The zero-order chi connectivity index (χ0) is 20.2. The number of allylic oxidation sites excluding steroid dienone is 1. The molecule has 2 aromatic heterocycles. The largest absolute Gasteiger partial charge is 0.289 e. The second kappa shape index (κ2) is 8.04. The van der Waals surface area contributed by atoms with Gasteiger partial charge in [0.15, 0.2) is 5.78 Å². The summed E-state index contributed by atoms with van der Waals surface area (Å²) >= 11 is 1.58. The lowest BCUT2D eigenvalue weighted by atomic mass is 10.1. The van der Waals surface area contributed by atoms with Crippen LogP contribution in [0.4, 0.5) is 5.69 Å². The number of benzene rings is 2. The van der Waals surface area contributed by atoms with Gasteiger partial charge in [0.1, 0.15) is 5.69 Å². The number of para-hydroxylation sites is 1. The zero-order valence-electron chi connectivity index (χ0n) is 15.1. The Hall–Kier alpha value is -3.84. The van der Waals surface area contributed by atoms with E-state index in [-0.39, 0.29) is 11.5 Å². The number of carbonyl (C=O) groups excluding carboxylic acids is 1. The fourth-order valence-electron chi connectivity index (χ4n) is 2.84. The molecule has 4 rings (SSSR count). The Bertz CT molecular complexity index is 1180. The van der Waals surface area contributed by atoms with Crippen LogP contribution in [0.5, 0.6) is 0 Å². The van der Waals surface area contributed by atoms with Gasteiger partial charge in [0.2, 0.25) is 0 Å². The van der Waals surface area contributed by atoms with Crippen molar-refractivity contribution < 1.29 is 9.72 Å². The van der Waals surface area contributed by atoms with Gasteiger partial charge in [-0.3, -0.25) is 14.9 Å². The van der Waals surface area contributed by atoms with E-state index in [1.54, 1.807) is 22.1 Å². The number of ketones is 1. The smallest absolute Gasteiger partial charge is 0.269 e. The summed E-state index contributed by atoms with van der Waals surface area (Å²) < 4.78 is 1.78. The minimum atomic E-state index is -0.491. The highest BCUT2D eigenvalue weighted by atomic mass is 32.1. The van der Waals surface area contributed by atoms with Gasteiger partial charge in [-0.15, -0.1) is 11.3 Å². The quantitative estimate of drug-likeness (QED) is 0.187. The minimum Gasteiger partial charge on any atom is -0.289 e. The van der Waals surface area contributed by atoms with Gasteiger partial charge in [-0.05, 0) is 47.9 Å². The number of hydrogen-bond acceptors (Lipinski definition) is 5. The molecule has 0 aliphatic carbocycles. The Balaban J connectivity index is 1.65. The predicted molar refractivity (Wildman–Crippen MR) is 113 cm³/mol. The molecule has 4 aromatic rings. The molecule has 6 nitrogen and oxygen atoms in total. The van der Waals surface area contributed by atoms with Gasteiger partial charge in [-0.1, -0.05) is 24.3 Å². The second-order valence-corrected chi connectivity index (χ2v) is 7.14. The van der Waals surface area contributed by atoms with Crippen LogP contribution in [0.25, 0.3) is 22.3 Å². The van der Waals surface area contributed by atoms with Crippen molar-refractivity contribution in [3.05, 3.63) is 106 Å². The van der Waals surface area contributed by atoms with E-state index in [1.165, 1.54) is 30.3 Å². The molecule has 29 heavy (non-hydrogen) atoms. The fraction of sp³-hybridized carbons (Fsp3) is 0. The van der Waals surface area contributed by atoms with Gasteiger partial charge in [0.25, 0.3) is 5.69 Å². The third kappa shape index (κ3) is 4.04. The summed E-state index contributed by atoms with van der Waals surface area (Å²) in [5, 5.41) is 17.4. The van der Waals surface area contributed by atoms with Crippen molar-refractivity contribution in [2.75, 3.05) is 0 Å².